The maximum atomic E-state index is 12.0. The quantitative estimate of drug-likeness (QED) is 0.682. The average Bonchev–Trinajstić information content (AvgIpc) is 3.18. The number of carbonyl (C=O) groups excluding carboxylic acids is 1. The number of carbonyl (C=O) groups is 1. The van der Waals surface area contributed by atoms with Crippen LogP contribution in [-0.4, -0.2) is 35.4 Å². The molecule has 1 unspecified atom stereocenters. The second-order valence-electron chi connectivity index (χ2n) is 4.49. The maximum absolute atomic E-state index is 12.0. The van der Waals surface area contributed by atoms with Gasteiger partial charge in [-0.2, -0.15) is 0 Å². The Morgan fingerprint density at radius 2 is 2.00 bits per heavy atom. The van der Waals surface area contributed by atoms with E-state index in [1.165, 1.54) is 0 Å². The van der Waals surface area contributed by atoms with E-state index < -0.39 is 11.5 Å². The number of aliphatic hydroxyl groups is 2. The summed E-state index contributed by atoms with van der Waals surface area (Å²) in [5.74, 6) is -0.0591. The van der Waals surface area contributed by atoms with Gasteiger partial charge in [0.1, 0.15) is 0 Å². The molecule has 0 radical (unpaired) electrons. The largest absolute Gasteiger partial charge is 0.394 e. The molecular formula is C13H17NO3. The minimum Gasteiger partial charge on any atom is -0.394 e. The molecule has 4 nitrogen and oxygen atoms in total. The van der Waals surface area contributed by atoms with Crippen LogP contribution in [0.1, 0.15) is 18.4 Å². The SMILES string of the molecule is O=C(NCC(O)CO)C1(c2ccccc2)CC1. The molecule has 2 rings (SSSR count). The second kappa shape index (κ2) is 4.85. The summed E-state index contributed by atoms with van der Waals surface area (Å²) in [7, 11) is 0. The standard InChI is InChI=1S/C13H17NO3/c15-9-11(16)8-14-12(17)13(6-7-13)10-4-2-1-3-5-10/h1-5,11,15-16H,6-9H2,(H,14,17). The van der Waals surface area contributed by atoms with Gasteiger partial charge in [0.25, 0.3) is 0 Å². The van der Waals surface area contributed by atoms with Crippen LogP contribution in [0.3, 0.4) is 0 Å². The van der Waals surface area contributed by atoms with Crippen LogP contribution >= 0.6 is 0 Å². The van der Waals surface area contributed by atoms with E-state index in [0.29, 0.717) is 0 Å². The zero-order valence-corrected chi connectivity index (χ0v) is 9.60. The molecule has 1 aromatic rings. The molecule has 0 heterocycles. The van der Waals surface area contributed by atoms with Crippen LogP contribution in [0.15, 0.2) is 30.3 Å². The Bertz CT molecular complexity index is 387. The highest BCUT2D eigenvalue weighted by Gasteiger charge is 2.50. The lowest BCUT2D eigenvalue weighted by Gasteiger charge is -2.17. The first-order valence-electron chi connectivity index (χ1n) is 5.82. The van der Waals surface area contributed by atoms with E-state index in [-0.39, 0.29) is 19.1 Å². The van der Waals surface area contributed by atoms with E-state index in [1.54, 1.807) is 0 Å². The van der Waals surface area contributed by atoms with E-state index in [1.807, 2.05) is 30.3 Å². The lowest BCUT2D eigenvalue weighted by atomic mass is 9.95. The minimum atomic E-state index is -0.884. The van der Waals surface area contributed by atoms with Crippen molar-refractivity contribution in [3.63, 3.8) is 0 Å². The molecule has 1 amide bonds. The molecule has 0 aromatic heterocycles. The van der Waals surface area contributed by atoms with Gasteiger partial charge >= 0.3 is 0 Å². The number of hydrogen-bond donors (Lipinski definition) is 3. The van der Waals surface area contributed by atoms with Crippen LogP contribution in [0.4, 0.5) is 0 Å². The molecule has 1 aromatic carbocycles. The van der Waals surface area contributed by atoms with Gasteiger partial charge in [-0.15, -0.1) is 0 Å². The van der Waals surface area contributed by atoms with Crippen molar-refractivity contribution in [2.45, 2.75) is 24.4 Å². The zero-order valence-electron chi connectivity index (χ0n) is 9.60. The summed E-state index contributed by atoms with van der Waals surface area (Å²) in [6, 6.07) is 9.67. The fourth-order valence-corrected chi connectivity index (χ4v) is 1.97. The number of aliphatic hydroxyl groups excluding tert-OH is 2. The van der Waals surface area contributed by atoms with E-state index >= 15 is 0 Å². The van der Waals surface area contributed by atoms with Crippen LogP contribution in [0.25, 0.3) is 0 Å². The number of amides is 1. The Morgan fingerprint density at radius 3 is 2.53 bits per heavy atom. The molecule has 1 saturated carbocycles. The van der Waals surface area contributed by atoms with Crippen molar-refractivity contribution in [1.82, 2.24) is 5.32 Å². The van der Waals surface area contributed by atoms with Gasteiger partial charge in [-0.1, -0.05) is 30.3 Å². The Kier molecular flexibility index (Phi) is 3.45. The summed E-state index contributed by atoms with van der Waals surface area (Å²) in [5, 5.41) is 20.6. The Balaban J connectivity index is 2.00. The molecule has 1 fully saturated rings. The van der Waals surface area contributed by atoms with E-state index in [9.17, 15) is 9.90 Å². The molecular weight excluding hydrogens is 218 g/mol. The topological polar surface area (TPSA) is 69.6 Å². The molecule has 0 saturated heterocycles. The third-order valence-electron chi connectivity index (χ3n) is 3.22. The molecule has 1 aliphatic rings. The van der Waals surface area contributed by atoms with Gasteiger partial charge < -0.3 is 15.5 Å². The lowest BCUT2D eigenvalue weighted by molar-refractivity contribution is -0.124. The average molecular weight is 235 g/mol. The van der Waals surface area contributed by atoms with Crippen molar-refractivity contribution in [3.8, 4) is 0 Å². The van der Waals surface area contributed by atoms with Crippen molar-refractivity contribution in [1.29, 1.82) is 0 Å². The van der Waals surface area contributed by atoms with Crippen LogP contribution in [0.5, 0.6) is 0 Å². The smallest absolute Gasteiger partial charge is 0.230 e. The normalized spacial score (nSPS) is 18.5. The molecule has 0 aliphatic heterocycles. The summed E-state index contributed by atoms with van der Waals surface area (Å²) in [6.45, 7) is -0.234. The molecule has 3 N–H and O–H groups in total. The van der Waals surface area contributed by atoms with Gasteiger partial charge in [0.2, 0.25) is 5.91 Å². The van der Waals surface area contributed by atoms with Crippen LogP contribution < -0.4 is 5.32 Å². The highest BCUT2D eigenvalue weighted by molar-refractivity contribution is 5.91. The number of hydrogen-bond acceptors (Lipinski definition) is 3. The number of nitrogens with one attached hydrogen (secondary N) is 1. The second-order valence-corrected chi connectivity index (χ2v) is 4.49. The highest BCUT2D eigenvalue weighted by Crippen LogP contribution is 2.48. The van der Waals surface area contributed by atoms with E-state index in [0.717, 1.165) is 18.4 Å². The van der Waals surface area contributed by atoms with Gasteiger partial charge in [0, 0.05) is 6.54 Å². The molecule has 0 bridgehead atoms. The van der Waals surface area contributed by atoms with Crippen LogP contribution in [0, 0.1) is 0 Å². The minimum absolute atomic E-state index is 0.0591. The first-order chi connectivity index (χ1) is 8.19. The molecule has 1 aliphatic carbocycles. The summed E-state index contributed by atoms with van der Waals surface area (Å²) in [5.41, 5.74) is 0.618. The molecule has 4 heteroatoms. The summed E-state index contributed by atoms with van der Waals surface area (Å²) < 4.78 is 0. The van der Waals surface area contributed by atoms with Gasteiger partial charge in [0.15, 0.2) is 0 Å². The molecule has 0 spiro atoms. The Labute approximate surface area is 100 Å². The van der Waals surface area contributed by atoms with Crippen LogP contribution in [-0.2, 0) is 10.2 Å². The van der Waals surface area contributed by atoms with Crippen molar-refractivity contribution < 1.29 is 15.0 Å². The highest BCUT2D eigenvalue weighted by atomic mass is 16.3. The monoisotopic (exact) mass is 235 g/mol. The van der Waals surface area contributed by atoms with Crippen molar-refractivity contribution >= 4 is 5.91 Å². The van der Waals surface area contributed by atoms with Crippen molar-refractivity contribution in [2.24, 2.45) is 0 Å². The fourth-order valence-electron chi connectivity index (χ4n) is 1.97. The van der Waals surface area contributed by atoms with Gasteiger partial charge in [0.05, 0.1) is 18.1 Å². The molecule has 92 valence electrons. The Morgan fingerprint density at radius 1 is 1.35 bits per heavy atom. The summed E-state index contributed by atoms with van der Waals surface area (Å²) in [6.07, 6.45) is 0.807. The third kappa shape index (κ3) is 2.48. The van der Waals surface area contributed by atoms with Crippen molar-refractivity contribution in [3.05, 3.63) is 35.9 Å². The number of benzene rings is 1. The zero-order chi connectivity index (χ0) is 12.3. The van der Waals surface area contributed by atoms with E-state index in [2.05, 4.69) is 5.32 Å². The lowest BCUT2D eigenvalue weighted by Crippen LogP contribution is -2.40. The van der Waals surface area contributed by atoms with Crippen molar-refractivity contribution in [2.75, 3.05) is 13.2 Å². The summed E-state index contributed by atoms with van der Waals surface area (Å²) >= 11 is 0. The fraction of sp³-hybridized carbons (Fsp3) is 0.462. The van der Waals surface area contributed by atoms with Gasteiger partial charge in [-0.3, -0.25) is 4.79 Å². The first-order valence-corrected chi connectivity index (χ1v) is 5.82. The van der Waals surface area contributed by atoms with Crippen LogP contribution in [0.2, 0.25) is 0 Å². The van der Waals surface area contributed by atoms with Gasteiger partial charge in [-0.05, 0) is 18.4 Å². The molecule has 17 heavy (non-hydrogen) atoms. The maximum Gasteiger partial charge on any atom is 0.230 e. The predicted molar refractivity (Wildman–Crippen MR) is 63.5 cm³/mol. The third-order valence-corrected chi connectivity index (χ3v) is 3.22. The molecule has 1 atom stereocenters. The Hall–Kier alpha value is -1.39. The first kappa shape index (κ1) is 12.1. The summed E-state index contributed by atoms with van der Waals surface area (Å²) in [4.78, 5) is 12.0. The number of rotatable bonds is 5. The van der Waals surface area contributed by atoms with Gasteiger partial charge in [-0.25, -0.2) is 0 Å². The van der Waals surface area contributed by atoms with E-state index in [4.69, 9.17) is 5.11 Å². The predicted octanol–water partition coefficient (Wildman–Crippen LogP) is 0.188.